The molecule has 0 aromatic heterocycles. The number of carbonyl (C=O) groups is 1. The largest absolute Gasteiger partial charge is 0.311 e. The molecule has 0 aliphatic rings. The summed E-state index contributed by atoms with van der Waals surface area (Å²) in [6.45, 7) is 9.35. The molecule has 140 valence electrons. The van der Waals surface area contributed by atoms with Crippen LogP contribution in [0.1, 0.15) is 29.2 Å². The van der Waals surface area contributed by atoms with Crippen molar-refractivity contribution in [3.63, 3.8) is 0 Å². The zero-order chi connectivity index (χ0) is 19.5. The Kier molecular flexibility index (Phi) is 6.21. The Labute approximate surface area is 156 Å². The van der Waals surface area contributed by atoms with Gasteiger partial charge in [-0.15, -0.1) is 0 Å². The van der Waals surface area contributed by atoms with E-state index in [9.17, 15) is 13.2 Å². The molecule has 0 atom stereocenters. The SMILES string of the molecule is CC(=O)N(CCNS(=O)(=O)c1c(C)cc(C)cc1C)c1ccccc1C. The smallest absolute Gasteiger partial charge is 0.241 e. The normalized spacial score (nSPS) is 11.4. The number of anilines is 1. The van der Waals surface area contributed by atoms with Crippen molar-refractivity contribution in [1.29, 1.82) is 0 Å². The van der Waals surface area contributed by atoms with E-state index < -0.39 is 10.0 Å². The first-order valence-corrected chi connectivity index (χ1v) is 10.0. The molecule has 26 heavy (non-hydrogen) atoms. The fourth-order valence-corrected chi connectivity index (χ4v) is 4.74. The predicted octanol–water partition coefficient (Wildman–Crippen LogP) is 3.25. The molecule has 2 aromatic carbocycles. The number of para-hydroxylation sites is 1. The maximum absolute atomic E-state index is 12.7. The Balaban J connectivity index is 2.17. The predicted molar refractivity (Wildman–Crippen MR) is 105 cm³/mol. The highest BCUT2D eigenvalue weighted by Crippen LogP contribution is 2.22. The van der Waals surface area contributed by atoms with Crippen LogP contribution in [0.2, 0.25) is 0 Å². The molecule has 1 N–H and O–H groups in total. The zero-order valence-corrected chi connectivity index (χ0v) is 16.8. The Bertz CT molecular complexity index is 897. The average Bonchev–Trinajstić information content (AvgIpc) is 2.51. The van der Waals surface area contributed by atoms with Gasteiger partial charge in [0.2, 0.25) is 15.9 Å². The number of aryl methyl sites for hydroxylation is 4. The van der Waals surface area contributed by atoms with Gasteiger partial charge in [-0.25, -0.2) is 13.1 Å². The topological polar surface area (TPSA) is 66.5 Å². The third kappa shape index (κ3) is 4.51. The minimum absolute atomic E-state index is 0.124. The summed E-state index contributed by atoms with van der Waals surface area (Å²) in [5, 5.41) is 0. The summed E-state index contributed by atoms with van der Waals surface area (Å²) in [4.78, 5) is 13.9. The highest BCUT2D eigenvalue weighted by atomic mass is 32.2. The molecule has 0 saturated heterocycles. The average molecular weight is 375 g/mol. The van der Waals surface area contributed by atoms with Gasteiger partial charge in [-0.3, -0.25) is 4.79 Å². The van der Waals surface area contributed by atoms with Crippen molar-refractivity contribution in [2.45, 2.75) is 39.5 Å². The van der Waals surface area contributed by atoms with Crippen LogP contribution in [0.3, 0.4) is 0 Å². The maximum Gasteiger partial charge on any atom is 0.241 e. The van der Waals surface area contributed by atoms with E-state index in [1.54, 1.807) is 18.7 Å². The van der Waals surface area contributed by atoms with Gasteiger partial charge >= 0.3 is 0 Å². The van der Waals surface area contributed by atoms with Gasteiger partial charge in [0.05, 0.1) is 4.90 Å². The molecule has 0 aliphatic heterocycles. The van der Waals surface area contributed by atoms with Gasteiger partial charge in [0.15, 0.2) is 0 Å². The summed E-state index contributed by atoms with van der Waals surface area (Å²) in [6, 6.07) is 11.3. The Morgan fingerprint density at radius 3 is 2.12 bits per heavy atom. The molecule has 2 aromatic rings. The molecular weight excluding hydrogens is 348 g/mol. The van der Waals surface area contributed by atoms with Crippen molar-refractivity contribution in [2.24, 2.45) is 0 Å². The first kappa shape index (κ1) is 20.1. The van der Waals surface area contributed by atoms with Crippen LogP contribution in [0.5, 0.6) is 0 Å². The van der Waals surface area contributed by atoms with Crippen molar-refractivity contribution < 1.29 is 13.2 Å². The van der Waals surface area contributed by atoms with E-state index in [4.69, 9.17) is 0 Å². The van der Waals surface area contributed by atoms with E-state index >= 15 is 0 Å². The minimum atomic E-state index is -3.64. The Morgan fingerprint density at radius 2 is 1.58 bits per heavy atom. The van der Waals surface area contributed by atoms with Crippen LogP contribution in [0, 0.1) is 27.7 Å². The summed E-state index contributed by atoms with van der Waals surface area (Å²) in [5.74, 6) is -0.124. The molecule has 0 saturated carbocycles. The van der Waals surface area contributed by atoms with Gasteiger partial charge in [-0.05, 0) is 50.5 Å². The minimum Gasteiger partial charge on any atom is -0.311 e. The number of carbonyl (C=O) groups excluding carboxylic acids is 1. The molecule has 1 amide bonds. The first-order chi connectivity index (χ1) is 12.1. The standard InChI is InChI=1S/C20H26N2O3S/c1-14-12-16(3)20(17(4)13-14)26(24,25)21-10-11-22(18(5)23)19-9-7-6-8-15(19)2/h6-9,12-13,21H,10-11H2,1-5H3. The molecule has 6 heteroatoms. The highest BCUT2D eigenvalue weighted by molar-refractivity contribution is 7.89. The van der Waals surface area contributed by atoms with E-state index in [1.807, 2.05) is 50.2 Å². The third-order valence-corrected chi connectivity index (χ3v) is 6.05. The lowest BCUT2D eigenvalue weighted by Gasteiger charge is -2.23. The van der Waals surface area contributed by atoms with E-state index in [0.717, 1.165) is 27.9 Å². The number of sulfonamides is 1. The van der Waals surface area contributed by atoms with Gasteiger partial charge < -0.3 is 4.90 Å². The maximum atomic E-state index is 12.7. The molecule has 0 unspecified atom stereocenters. The van der Waals surface area contributed by atoms with Crippen LogP contribution in [-0.2, 0) is 14.8 Å². The van der Waals surface area contributed by atoms with Crippen molar-refractivity contribution in [1.82, 2.24) is 4.72 Å². The van der Waals surface area contributed by atoms with Crippen LogP contribution in [-0.4, -0.2) is 27.4 Å². The van der Waals surface area contributed by atoms with Gasteiger partial charge in [0.25, 0.3) is 0 Å². The van der Waals surface area contributed by atoms with Gasteiger partial charge in [-0.1, -0.05) is 35.9 Å². The van der Waals surface area contributed by atoms with E-state index in [2.05, 4.69) is 4.72 Å². The fraction of sp³-hybridized carbons (Fsp3) is 0.350. The van der Waals surface area contributed by atoms with Crippen LogP contribution in [0.25, 0.3) is 0 Å². The lowest BCUT2D eigenvalue weighted by Crippen LogP contribution is -2.38. The van der Waals surface area contributed by atoms with E-state index in [-0.39, 0.29) is 19.0 Å². The molecule has 0 radical (unpaired) electrons. The van der Waals surface area contributed by atoms with Crippen molar-refractivity contribution in [3.8, 4) is 0 Å². The summed E-state index contributed by atoms with van der Waals surface area (Å²) in [7, 11) is -3.64. The second-order valence-electron chi connectivity index (χ2n) is 6.58. The van der Waals surface area contributed by atoms with Gasteiger partial charge in [-0.2, -0.15) is 0 Å². The zero-order valence-electron chi connectivity index (χ0n) is 16.0. The van der Waals surface area contributed by atoms with Crippen LogP contribution in [0.4, 0.5) is 5.69 Å². The number of nitrogens with zero attached hydrogens (tertiary/aromatic N) is 1. The molecule has 5 nitrogen and oxygen atoms in total. The van der Waals surface area contributed by atoms with Crippen LogP contribution >= 0.6 is 0 Å². The highest BCUT2D eigenvalue weighted by Gasteiger charge is 2.20. The van der Waals surface area contributed by atoms with Gasteiger partial charge in [0, 0.05) is 25.7 Å². The number of nitrogens with one attached hydrogen (secondary N) is 1. The summed E-state index contributed by atoms with van der Waals surface area (Å²) in [5.41, 5.74) is 4.23. The quantitative estimate of drug-likeness (QED) is 0.844. The second-order valence-corrected chi connectivity index (χ2v) is 8.29. The molecule has 0 spiro atoms. The van der Waals surface area contributed by atoms with Crippen molar-refractivity contribution >= 4 is 21.6 Å². The van der Waals surface area contributed by atoms with Crippen LogP contribution in [0.15, 0.2) is 41.3 Å². The van der Waals surface area contributed by atoms with E-state index in [1.165, 1.54) is 6.92 Å². The van der Waals surface area contributed by atoms with Crippen LogP contribution < -0.4 is 9.62 Å². The monoisotopic (exact) mass is 374 g/mol. The number of rotatable bonds is 6. The first-order valence-electron chi connectivity index (χ1n) is 8.54. The lowest BCUT2D eigenvalue weighted by atomic mass is 10.1. The lowest BCUT2D eigenvalue weighted by molar-refractivity contribution is -0.116. The van der Waals surface area contributed by atoms with Gasteiger partial charge in [0.1, 0.15) is 0 Å². The molecule has 2 rings (SSSR count). The number of hydrogen-bond acceptors (Lipinski definition) is 3. The van der Waals surface area contributed by atoms with Crippen molar-refractivity contribution in [3.05, 3.63) is 58.7 Å². The molecular formula is C20H26N2O3S. The third-order valence-electron chi connectivity index (χ3n) is 4.29. The molecule has 0 aliphatic carbocycles. The second kappa shape index (κ2) is 8.01. The number of amides is 1. The number of hydrogen-bond donors (Lipinski definition) is 1. The van der Waals surface area contributed by atoms with Crippen molar-refractivity contribution in [2.75, 3.05) is 18.0 Å². The Hall–Kier alpha value is -2.18. The molecule has 0 bridgehead atoms. The summed E-state index contributed by atoms with van der Waals surface area (Å²) < 4.78 is 28.1. The summed E-state index contributed by atoms with van der Waals surface area (Å²) >= 11 is 0. The Morgan fingerprint density at radius 1 is 1.00 bits per heavy atom. The fourth-order valence-electron chi connectivity index (χ4n) is 3.27. The number of benzene rings is 2. The molecule has 0 fully saturated rings. The molecule has 0 heterocycles. The summed E-state index contributed by atoms with van der Waals surface area (Å²) in [6.07, 6.45) is 0. The van der Waals surface area contributed by atoms with E-state index in [0.29, 0.717) is 4.90 Å².